The molecule has 0 unspecified atom stereocenters. The molecule has 0 aromatic heterocycles. The van der Waals surface area contributed by atoms with Gasteiger partial charge in [0.15, 0.2) is 0 Å². The van der Waals surface area contributed by atoms with Gasteiger partial charge in [-0.25, -0.2) is 0 Å². The van der Waals surface area contributed by atoms with Crippen molar-refractivity contribution in [3.05, 3.63) is 157 Å². The van der Waals surface area contributed by atoms with Crippen molar-refractivity contribution < 1.29 is 9.47 Å². The van der Waals surface area contributed by atoms with Crippen LogP contribution in [0.4, 0.5) is 0 Å². The van der Waals surface area contributed by atoms with E-state index in [9.17, 15) is 0 Å². The van der Waals surface area contributed by atoms with Gasteiger partial charge in [-0.1, -0.05) is 151 Å². The lowest BCUT2D eigenvalue weighted by molar-refractivity contribution is 0.487. The van der Waals surface area contributed by atoms with Gasteiger partial charge in [0.2, 0.25) is 0 Å². The van der Waals surface area contributed by atoms with Crippen LogP contribution < -0.4 is 9.47 Å². The van der Waals surface area contributed by atoms with Crippen molar-refractivity contribution in [1.29, 1.82) is 0 Å². The van der Waals surface area contributed by atoms with Crippen molar-refractivity contribution in [2.24, 2.45) is 0 Å². The van der Waals surface area contributed by atoms with Gasteiger partial charge >= 0.3 is 0 Å². The average molecular weight is 747 g/mol. The summed E-state index contributed by atoms with van der Waals surface area (Å²) in [6, 6.07) is 53.8. The first-order valence-corrected chi connectivity index (χ1v) is 20.5. The molecule has 0 saturated heterocycles. The minimum Gasteiger partial charge on any atom is -0.456 e. The maximum atomic E-state index is 6.56. The highest BCUT2D eigenvalue weighted by molar-refractivity contribution is 6.30. The van der Waals surface area contributed by atoms with E-state index in [-0.39, 0.29) is 10.8 Å². The highest BCUT2D eigenvalue weighted by Gasteiger charge is 2.29. The monoisotopic (exact) mass is 746 g/mol. The van der Waals surface area contributed by atoms with E-state index < -0.39 is 0 Å². The number of para-hydroxylation sites is 2. The average Bonchev–Trinajstić information content (AvgIpc) is 3.22. The Morgan fingerprint density at radius 1 is 0.276 bits per heavy atom. The Bertz CT molecular complexity index is 3180. The van der Waals surface area contributed by atoms with E-state index in [1.807, 2.05) is 12.1 Å². The third-order valence-electron chi connectivity index (χ3n) is 12.9. The fourth-order valence-corrected chi connectivity index (χ4v) is 10.3. The minimum atomic E-state index is -0.104. The molecule has 2 aliphatic heterocycles. The van der Waals surface area contributed by atoms with Crippen LogP contribution in [0, 0.1) is 0 Å². The predicted octanol–water partition coefficient (Wildman–Crippen LogP) is 16.4. The first-order chi connectivity index (χ1) is 28.0. The van der Waals surface area contributed by atoms with E-state index in [0.29, 0.717) is 0 Å². The van der Waals surface area contributed by atoms with E-state index in [1.165, 1.54) is 98.4 Å². The Balaban J connectivity index is 1.20. The number of hydrogen-bond donors (Lipinski definition) is 0. The standard InChI is InChI=1S/C56H42O2/c1-55(2,3)45-29-43(31-21-23-37-33-13-7-9-17-47(33)57-49-19-11-15-35(31)51(37)49)39-26-28-42-46(56(4,5)6)30-44(40-25-27-41(45)53(39)54(40)42)32-22-24-38-34-14-8-10-18-48(34)58-50-20-12-16-36(32)52(38)50/h7-30H,1-6H3. The molecule has 10 aromatic rings. The highest BCUT2D eigenvalue weighted by atomic mass is 16.5. The molecule has 0 spiro atoms. The molecular weight excluding hydrogens is 705 g/mol. The molecule has 2 nitrogen and oxygen atoms in total. The number of hydrogen-bond acceptors (Lipinski definition) is 2. The molecule has 2 heteroatoms. The van der Waals surface area contributed by atoms with Crippen molar-refractivity contribution in [1.82, 2.24) is 0 Å². The Morgan fingerprint density at radius 2 is 0.638 bits per heavy atom. The van der Waals surface area contributed by atoms with Crippen molar-refractivity contribution in [2.45, 2.75) is 52.4 Å². The number of rotatable bonds is 2. The maximum absolute atomic E-state index is 6.56. The predicted molar refractivity (Wildman–Crippen MR) is 244 cm³/mol. The highest BCUT2D eigenvalue weighted by Crippen LogP contribution is 2.54. The van der Waals surface area contributed by atoms with Gasteiger partial charge in [-0.05, 0) is 135 Å². The van der Waals surface area contributed by atoms with Crippen molar-refractivity contribution in [3.8, 4) is 67.5 Å². The fraction of sp³-hybridized carbons (Fsp3) is 0.143. The first kappa shape index (κ1) is 33.5. The number of ether oxygens (including phenoxy) is 2. The van der Waals surface area contributed by atoms with Gasteiger partial charge < -0.3 is 9.47 Å². The molecule has 0 radical (unpaired) electrons. The lowest BCUT2D eigenvalue weighted by Gasteiger charge is -2.29. The van der Waals surface area contributed by atoms with Gasteiger partial charge in [0.1, 0.15) is 23.0 Å². The van der Waals surface area contributed by atoms with Crippen LogP contribution in [-0.2, 0) is 10.8 Å². The summed E-state index contributed by atoms with van der Waals surface area (Å²) in [5.41, 5.74) is 12.2. The van der Waals surface area contributed by atoms with Gasteiger partial charge in [-0.2, -0.15) is 0 Å². The third kappa shape index (κ3) is 4.55. The van der Waals surface area contributed by atoms with Crippen LogP contribution in [-0.4, -0.2) is 0 Å². The molecule has 0 bridgehead atoms. The molecular formula is C56H42O2. The summed E-state index contributed by atoms with van der Waals surface area (Å²) in [5, 5.41) is 12.6. The van der Waals surface area contributed by atoms with Crippen LogP contribution >= 0.6 is 0 Å². The second kappa shape index (κ2) is 11.5. The van der Waals surface area contributed by atoms with E-state index in [4.69, 9.17) is 9.47 Å². The van der Waals surface area contributed by atoms with Gasteiger partial charge in [0.25, 0.3) is 0 Å². The molecule has 0 N–H and O–H groups in total. The lowest BCUT2D eigenvalue weighted by Crippen LogP contribution is -2.14. The summed E-state index contributed by atoms with van der Waals surface area (Å²) in [6.07, 6.45) is 0. The third-order valence-corrected chi connectivity index (χ3v) is 12.9. The molecule has 2 aliphatic rings. The number of benzene rings is 10. The van der Waals surface area contributed by atoms with E-state index in [1.54, 1.807) is 0 Å². The number of fused-ring (bicyclic) bond motifs is 4. The van der Waals surface area contributed by atoms with Gasteiger partial charge in [0.05, 0.1) is 0 Å². The van der Waals surface area contributed by atoms with Crippen LogP contribution in [0.2, 0.25) is 0 Å². The SMILES string of the molecule is CC(C)(C)c1cc(-c2ccc3c4c(cccc24)Oc2ccccc2-3)c2ccc3c(C(C)(C)C)cc(-c4ccc5c6c(cccc46)Oc4ccccc4-5)c4ccc1c2c43. The molecule has 278 valence electrons. The fourth-order valence-electron chi connectivity index (χ4n) is 10.3. The maximum Gasteiger partial charge on any atom is 0.135 e. The Hall–Kier alpha value is -6.64. The Kier molecular flexibility index (Phi) is 6.63. The second-order valence-corrected chi connectivity index (χ2v) is 18.4. The van der Waals surface area contributed by atoms with Crippen molar-refractivity contribution in [2.75, 3.05) is 0 Å². The molecule has 0 atom stereocenters. The summed E-state index contributed by atoms with van der Waals surface area (Å²) >= 11 is 0. The largest absolute Gasteiger partial charge is 0.456 e. The summed E-state index contributed by atoms with van der Waals surface area (Å²) < 4.78 is 13.1. The van der Waals surface area contributed by atoms with Gasteiger partial charge in [-0.3, -0.25) is 0 Å². The summed E-state index contributed by atoms with van der Waals surface area (Å²) in [5.74, 6) is 3.64. The zero-order valence-corrected chi connectivity index (χ0v) is 33.7. The van der Waals surface area contributed by atoms with Gasteiger partial charge in [-0.15, -0.1) is 0 Å². The second-order valence-electron chi connectivity index (χ2n) is 18.4. The first-order valence-electron chi connectivity index (χ1n) is 20.5. The van der Waals surface area contributed by atoms with Crippen LogP contribution in [0.15, 0.2) is 146 Å². The van der Waals surface area contributed by atoms with Crippen LogP contribution in [0.3, 0.4) is 0 Å². The zero-order chi connectivity index (χ0) is 39.2. The van der Waals surface area contributed by atoms with Crippen molar-refractivity contribution >= 4 is 53.9 Å². The summed E-state index contributed by atoms with van der Waals surface area (Å²) in [4.78, 5) is 0. The molecule has 0 amide bonds. The Morgan fingerprint density at radius 3 is 1.07 bits per heavy atom. The molecule has 58 heavy (non-hydrogen) atoms. The van der Waals surface area contributed by atoms with E-state index >= 15 is 0 Å². The zero-order valence-electron chi connectivity index (χ0n) is 33.7. The minimum absolute atomic E-state index is 0.104. The lowest BCUT2D eigenvalue weighted by atomic mass is 9.75. The van der Waals surface area contributed by atoms with Crippen molar-refractivity contribution in [3.63, 3.8) is 0 Å². The topological polar surface area (TPSA) is 18.5 Å². The molecule has 10 aromatic carbocycles. The summed E-state index contributed by atoms with van der Waals surface area (Å²) in [7, 11) is 0. The molecule has 0 fully saturated rings. The van der Waals surface area contributed by atoms with E-state index in [0.717, 1.165) is 34.1 Å². The van der Waals surface area contributed by atoms with E-state index in [2.05, 4.69) is 175 Å². The normalized spacial score (nSPS) is 13.3. The van der Waals surface area contributed by atoms with Crippen LogP contribution in [0.25, 0.3) is 98.4 Å². The quantitative estimate of drug-likeness (QED) is 0.164. The van der Waals surface area contributed by atoms with Gasteiger partial charge in [0, 0.05) is 21.9 Å². The molecule has 0 aliphatic carbocycles. The molecule has 2 heterocycles. The van der Waals surface area contributed by atoms with Crippen LogP contribution in [0.5, 0.6) is 23.0 Å². The Labute approximate surface area is 338 Å². The molecule has 0 saturated carbocycles. The summed E-state index contributed by atoms with van der Waals surface area (Å²) in [6.45, 7) is 14.1. The molecule has 12 rings (SSSR count). The smallest absolute Gasteiger partial charge is 0.135 e. The van der Waals surface area contributed by atoms with Crippen LogP contribution in [0.1, 0.15) is 52.7 Å².